The number of nitrogens with zero attached hydrogens (tertiary/aromatic N) is 1. The van der Waals surface area contributed by atoms with Crippen molar-refractivity contribution in [2.75, 3.05) is 7.05 Å². The summed E-state index contributed by atoms with van der Waals surface area (Å²) in [5.74, 6) is 0. The molecule has 0 spiro atoms. The van der Waals surface area contributed by atoms with Gasteiger partial charge in [-0.1, -0.05) is 31.4 Å². The van der Waals surface area contributed by atoms with Crippen LogP contribution in [0.5, 0.6) is 0 Å². The van der Waals surface area contributed by atoms with Crippen LogP contribution >= 0.6 is 0 Å². The fourth-order valence-corrected chi connectivity index (χ4v) is 4.50. The van der Waals surface area contributed by atoms with E-state index in [2.05, 4.69) is 0 Å². The Labute approximate surface area is 116 Å². The largest absolute Gasteiger partial charge is 0.243 e. The van der Waals surface area contributed by atoms with Crippen LogP contribution < -0.4 is 0 Å². The topological polar surface area (TPSA) is 37.4 Å². The fourth-order valence-electron chi connectivity index (χ4n) is 2.78. The first-order chi connectivity index (χ1) is 8.93. The minimum atomic E-state index is -3.36. The lowest BCUT2D eigenvalue weighted by Crippen LogP contribution is -2.38. The molecule has 0 atom stereocenters. The van der Waals surface area contributed by atoms with Crippen molar-refractivity contribution in [3.63, 3.8) is 0 Å². The second-order valence-corrected chi connectivity index (χ2v) is 7.55. The van der Waals surface area contributed by atoms with Gasteiger partial charge in [0.05, 0.1) is 4.90 Å². The van der Waals surface area contributed by atoms with Crippen molar-refractivity contribution in [1.82, 2.24) is 4.31 Å². The van der Waals surface area contributed by atoms with E-state index in [4.69, 9.17) is 0 Å². The summed E-state index contributed by atoms with van der Waals surface area (Å²) in [6, 6.07) is 5.79. The normalized spacial score (nSPS) is 17.9. The molecule has 1 aliphatic carbocycles. The molecule has 3 nitrogen and oxygen atoms in total. The van der Waals surface area contributed by atoms with Crippen molar-refractivity contribution >= 4 is 10.0 Å². The zero-order chi connectivity index (χ0) is 14.0. The molecule has 2 rings (SSSR count). The zero-order valence-electron chi connectivity index (χ0n) is 12.0. The molecule has 0 bridgehead atoms. The molecule has 0 saturated heterocycles. The molecule has 1 aromatic rings. The Balaban J connectivity index is 2.33. The van der Waals surface area contributed by atoms with Crippen molar-refractivity contribution in [3.8, 4) is 0 Å². The maximum atomic E-state index is 12.7. The van der Waals surface area contributed by atoms with Crippen molar-refractivity contribution in [2.45, 2.75) is 56.9 Å². The lowest BCUT2D eigenvalue weighted by atomic mass is 9.96. The molecule has 0 amide bonds. The van der Waals surface area contributed by atoms with Gasteiger partial charge in [-0.05, 0) is 43.9 Å². The summed E-state index contributed by atoms with van der Waals surface area (Å²) < 4.78 is 27.1. The van der Waals surface area contributed by atoms with E-state index >= 15 is 0 Å². The van der Waals surface area contributed by atoms with Crippen molar-refractivity contribution in [2.24, 2.45) is 0 Å². The van der Waals surface area contributed by atoms with Gasteiger partial charge in [0.15, 0.2) is 0 Å². The van der Waals surface area contributed by atoms with Crippen LogP contribution in [0.4, 0.5) is 0 Å². The van der Waals surface area contributed by atoms with E-state index in [1.54, 1.807) is 17.4 Å². The molecule has 19 heavy (non-hydrogen) atoms. The summed E-state index contributed by atoms with van der Waals surface area (Å²) in [7, 11) is -1.63. The van der Waals surface area contributed by atoms with E-state index in [1.807, 2.05) is 26.0 Å². The third-order valence-electron chi connectivity index (χ3n) is 4.09. The van der Waals surface area contributed by atoms with Crippen LogP contribution in [0.15, 0.2) is 23.1 Å². The second kappa shape index (κ2) is 5.63. The van der Waals surface area contributed by atoms with E-state index in [0.717, 1.165) is 36.8 Å². The van der Waals surface area contributed by atoms with Gasteiger partial charge < -0.3 is 0 Å². The summed E-state index contributed by atoms with van der Waals surface area (Å²) in [6.45, 7) is 3.79. The fraction of sp³-hybridized carbons (Fsp3) is 0.600. The first kappa shape index (κ1) is 14.5. The summed E-state index contributed by atoms with van der Waals surface area (Å²) >= 11 is 0. The Morgan fingerprint density at radius 2 is 1.74 bits per heavy atom. The number of hydrogen-bond donors (Lipinski definition) is 0. The van der Waals surface area contributed by atoms with Crippen LogP contribution in [0.25, 0.3) is 0 Å². The van der Waals surface area contributed by atoms with Gasteiger partial charge in [-0.3, -0.25) is 0 Å². The standard InChI is InChI=1S/C15H23NO2S/c1-12-9-10-13(2)15(11-12)19(17,18)16(3)14-7-5-4-6-8-14/h9-11,14H,4-8H2,1-3H3. The molecule has 1 aliphatic rings. The summed E-state index contributed by atoms with van der Waals surface area (Å²) in [5.41, 5.74) is 1.81. The maximum Gasteiger partial charge on any atom is 0.243 e. The molecule has 4 heteroatoms. The smallest absolute Gasteiger partial charge is 0.207 e. The highest BCUT2D eigenvalue weighted by atomic mass is 32.2. The predicted octanol–water partition coefficient (Wildman–Crippen LogP) is 3.26. The zero-order valence-corrected chi connectivity index (χ0v) is 12.8. The van der Waals surface area contributed by atoms with Gasteiger partial charge in [-0.2, -0.15) is 4.31 Å². The van der Waals surface area contributed by atoms with Gasteiger partial charge in [0.1, 0.15) is 0 Å². The van der Waals surface area contributed by atoms with E-state index in [1.165, 1.54) is 6.42 Å². The molecule has 0 N–H and O–H groups in total. The van der Waals surface area contributed by atoms with E-state index in [-0.39, 0.29) is 6.04 Å². The highest BCUT2D eigenvalue weighted by molar-refractivity contribution is 7.89. The van der Waals surface area contributed by atoms with E-state index in [0.29, 0.717) is 4.90 Å². The predicted molar refractivity (Wildman–Crippen MR) is 77.7 cm³/mol. The van der Waals surface area contributed by atoms with Crippen LogP contribution in [-0.2, 0) is 10.0 Å². The van der Waals surface area contributed by atoms with E-state index in [9.17, 15) is 8.42 Å². The van der Waals surface area contributed by atoms with Gasteiger partial charge in [-0.25, -0.2) is 8.42 Å². The number of hydrogen-bond acceptors (Lipinski definition) is 2. The van der Waals surface area contributed by atoms with Crippen LogP contribution in [0.2, 0.25) is 0 Å². The Morgan fingerprint density at radius 3 is 2.37 bits per heavy atom. The van der Waals surface area contributed by atoms with E-state index < -0.39 is 10.0 Å². The van der Waals surface area contributed by atoms with Gasteiger partial charge in [0, 0.05) is 13.1 Å². The SMILES string of the molecule is Cc1ccc(C)c(S(=O)(=O)N(C)C2CCCCC2)c1. The second-order valence-electron chi connectivity index (χ2n) is 5.58. The quantitative estimate of drug-likeness (QED) is 0.853. The Kier molecular flexibility index (Phi) is 4.31. The molecule has 1 saturated carbocycles. The van der Waals surface area contributed by atoms with Crippen molar-refractivity contribution in [3.05, 3.63) is 29.3 Å². The molecule has 106 valence electrons. The van der Waals surface area contributed by atoms with Crippen molar-refractivity contribution < 1.29 is 8.42 Å². The Bertz CT molecular complexity index is 545. The molecule has 0 heterocycles. The summed E-state index contributed by atoms with van der Waals surface area (Å²) in [6.07, 6.45) is 5.48. The molecular weight excluding hydrogens is 258 g/mol. The molecule has 1 aromatic carbocycles. The molecule has 0 unspecified atom stereocenters. The van der Waals surface area contributed by atoms with Crippen LogP contribution in [-0.4, -0.2) is 25.8 Å². The minimum Gasteiger partial charge on any atom is -0.207 e. The number of aryl methyl sites for hydroxylation is 2. The molecule has 0 aliphatic heterocycles. The molecule has 0 aromatic heterocycles. The average molecular weight is 281 g/mol. The minimum absolute atomic E-state index is 0.165. The van der Waals surface area contributed by atoms with Crippen LogP contribution in [0, 0.1) is 13.8 Å². The van der Waals surface area contributed by atoms with Crippen LogP contribution in [0.3, 0.4) is 0 Å². The molecule has 0 radical (unpaired) electrons. The third-order valence-corrected chi connectivity index (χ3v) is 6.14. The lowest BCUT2D eigenvalue weighted by Gasteiger charge is -2.30. The first-order valence-corrected chi connectivity index (χ1v) is 8.42. The van der Waals surface area contributed by atoms with Crippen molar-refractivity contribution in [1.29, 1.82) is 0 Å². The number of rotatable bonds is 3. The summed E-state index contributed by atoms with van der Waals surface area (Å²) in [5, 5.41) is 0. The van der Waals surface area contributed by atoms with Gasteiger partial charge in [0.25, 0.3) is 0 Å². The number of sulfonamides is 1. The highest BCUT2D eigenvalue weighted by Crippen LogP contribution is 2.28. The number of benzene rings is 1. The van der Waals surface area contributed by atoms with Gasteiger partial charge in [-0.15, -0.1) is 0 Å². The van der Waals surface area contributed by atoms with Crippen LogP contribution in [0.1, 0.15) is 43.2 Å². The monoisotopic (exact) mass is 281 g/mol. The average Bonchev–Trinajstić information content (AvgIpc) is 2.41. The first-order valence-electron chi connectivity index (χ1n) is 6.98. The Morgan fingerprint density at radius 1 is 1.11 bits per heavy atom. The van der Waals surface area contributed by atoms with Gasteiger partial charge in [0.2, 0.25) is 10.0 Å². The molecule has 1 fully saturated rings. The summed E-state index contributed by atoms with van der Waals surface area (Å²) in [4.78, 5) is 0.459. The highest BCUT2D eigenvalue weighted by Gasteiger charge is 2.29. The molecular formula is C15H23NO2S. The third kappa shape index (κ3) is 3.00. The lowest BCUT2D eigenvalue weighted by molar-refractivity contribution is 0.285. The maximum absolute atomic E-state index is 12.7. The van der Waals surface area contributed by atoms with Gasteiger partial charge >= 0.3 is 0 Å². The Hall–Kier alpha value is -0.870.